The minimum Gasteiger partial charge on any atom is -0.507 e. The van der Waals surface area contributed by atoms with E-state index in [2.05, 4.69) is 4.98 Å². The number of ketones is 3. The van der Waals surface area contributed by atoms with Crippen molar-refractivity contribution in [2.75, 3.05) is 0 Å². The van der Waals surface area contributed by atoms with Gasteiger partial charge in [-0.1, -0.05) is 60.7 Å². The number of rotatable bonds is 4. The molecule has 5 aromatic rings. The number of hydrogen-bond donors (Lipinski definition) is 1. The first-order valence-corrected chi connectivity index (χ1v) is 13.1. The summed E-state index contributed by atoms with van der Waals surface area (Å²) in [7, 11) is 0. The summed E-state index contributed by atoms with van der Waals surface area (Å²) in [5.41, 5.74) is 3.39. The topological polar surface area (TPSA) is 84.3 Å². The molecule has 5 nitrogen and oxygen atoms in total. The van der Waals surface area contributed by atoms with Gasteiger partial charge in [-0.25, -0.2) is 0 Å². The third kappa shape index (κ3) is 4.03. The van der Waals surface area contributed by atoms with Gasteiger partial charge in [0.25, 0.3) is 0 Å². The Bertz CT molecular complexity index is 2040. The number of nitrogens with zero attached hydrogens (tertiary/aromatic N) is 1. The fourth-order valence-electron chi connectivity index (χ4n) is 5.48. The van der Waals surface area contributed by atoms with Crippen molar-refractivity contribution in [3.63, 3.8) is 0 Å². The Morgan fingerprint density at radius 3 is 1.66 bits per heavy atom. The maximum absolute atomic E-state index is 13.3. The number of Topliss-reactive ketones (excluding diaryl/α,β-unsaturated/α-hetero) is 3. The minimum absolute atomic E-state index is 0.0772. The van der Waals surface area contributed by atoms with E-state index in [1.807, 2.05) is 54.6 Å². The van der Waals surface area contributed by atoms with Crippen molar-refractivity contribution in [2.24, 2.45) is 0 Å². The van der Waals surface area contributed by atoms with Gasteiger partial charge in [-0.05, 0) is 81.2 Å². The first-order valence-electron chi connectivity index (χ1n) is 13.1. The first-order chi connectivity index (χ1) is 20.0. The summed E-state index contributed by atoms with van der Waals surface area (Å²) in [6.45, 7) is 0. The monoisotopic (exact) mass is 531 g/mol. The molecule has 1 heterocycles. The van der Waals surface area contributed by atoms with Crippen LogP contribution in [-0.4, -0.2) is 27.4 Å². The molecule has 194 valence electrons. The number of benzene rings is 4. The number of pyridine rings is 1. The van der Waals surface area contributed by atoms with Gasteiger partial charge >= 0.3 is 0 Å². The summed E-state index contributed by atoms with van der Waals surface area (Å²) < 4.78 is 0. The molecule has 4 aromatic carbocycles. The van der Waals surface area contributed by atoms with Crippen molar-refractivity contribution in [1.82, 2.24) is 4.98 Å². The van der Waals surface area contributed by atoms with Crippen LogP contribution in [0.5, 0.6) is 0 Å². The Hall–Kier alpha value is -5.68. The second kappa shape index (κ2) is 9.50. The summed E-state index contributed by atoms with van der Waals surface area (Å²) >= 11 is 0. The summed E-state index contributed by atoms with van der Waals surface area (Å²) in [5.74, 6) is -0.989. The Labute approximate surface area is 235 Å². The Morgan fingerprint density at radius 1 is 0.634 bits per heavy atom. The van der Waals surface area contributed by atoms with Gasteiger partial charge in [0.15, 0.2) is 17.3 Å². The first kappa shape index (κ1) is 24.4. The highest BCUT2D eigenvalue weighted by Gasteiger charge is 2.33. The molecule has 7 rings (SSSR count). The molecule has 0 bridgehead atoms. The molecule has 2 aliphatic rings. The summed E-state index contributed by atoms with van der Waals surface area (Å²) in [5, 5.41) is 14.6. The Kier molecular flexibility index (Phi) is 5.65. The molecule has 0 aliphatic heterocycles. The van der Waals surface area contributed by atoms with Gasteiger partial charge in [0.05, 0.1) is 11.1 Å². The molecular formula is C36H21NO4. The van der Waals surface area contributed by atoms with Gasteiger partial charge in [-0.15, -0.1) is 0 Å². The van der Waals surface area contributed by atoms with Crippen LogP contribution in [0.1, 0.15) is 42.2 Å². The predicted molar refractivity (Wildman–Crippen MR) is 160 cm³/mol. The third-order valence-corrected chi connectivity index (χ3v) is 7.62. The van der Waals surface area contributed by atoms with E-state index in [1.165, 1.54) is 6.08 Å². The molecule has 1 N–H and O–H groups in total. The largest absolute Gasteiger partial charge is 0.507 e. The Balaban J connectivity index is 1.27. The summed E-state index contributed by atoms with van der Waals surface area (Å²) in [6.07, 6.45) is 9.76. The van der Waals surface area contributed by atoms with Crippen molar-refractivity contribution < 1.29 is 19.5 Å². The number of aromatic nitrogens is 1. The molecule has 0 saturated heterocycles. The maximum atomic E-state index is 13.3. The van der Waals surface area contributed by atoms with Gasteiger partial charge < -0.3 is 5.11 Å². The highest BCUT2D eigenvalue weighted by molar-refractivity contribution is 6.40. The van der Waals surface area contributed by atoms with Crippen LogP contribution < -0.4 is 0 Å². The normalized spacial score (nSPS) is 15.0. The zero-order valence-electron chi connectivity index (χ0n) is 21.7. The van der Waals surface area contributed by atoms with E-state index in [0.29, 0.717) is 27.8 Å². The lowest BCUT2D eigenvalue weighted by Crippen LogP contribution is -2.00. The molecule has 1 aromatic heterocycles. The molecule has 41 heavy (non-hydrogen) atoms. The minimum atomic E-state index is -0.320. The zero-order chi connectivity index (χ0) is 28.1. The number of fused-ring (bicyclic) bond motifs is 4. The van der Waals surface area contributed by atoms with Crippen molar-refractivity contribution in [3.8, 4) is 0 Å². The summed E-state index contributed by atoms with van der Waals surface area (Å²) in [6, 6.07) is 26.0. The SMILES string of the molecule is O=C1C(=C/C=C(/C=C/C2=C(O)c3cc4ccccc4cc3C2=O)c2ccncc2)C(=O)c2cc3ccccc3cc21. The van der Waals surface area contributed by atoms with Crippen molar-refractivity contribution >= 4 is 50.2 Å². The average Bonchev–Trinajstić information content (AvgIpc) is 3.38. The fraction of sp³-hybridized carbons (Fsp3) is 0. The van der Waals surface area contributed by atoms with E-state index in [0.717, 1.165) is 27.1 Å². The van der Waals surface area contributed by atoms with E-state index in [9.17, 15) is 19.5 Å². The van der Waals surface area contributed by atoms with Gasteiger partial charge in [0.2, 0.25) is 0 Å². The van der Waals surface area contributed by atoms with Crippen LogP contribution in [0.2, 0.25) is 0 Å². The smallest absolute Gasteiger partial charge is 0.197 e. The lowest BCUT2D eigenvalue weighted by Gasteiger charge is -2.02. The average molecular weight is 532 g/mol. The number of aliphatic hydroxyl groups excluding tert-OH is 1. The Morgan fingerprint density at radius 2 is 1.12 bits per heavy atom. The van der Waals surface area contributed by atoms with Gasteiger partial charge in [-0.2, -0.15) is 0 Å². The number of hydrogen-bond acceptors (Lipinski definition) is 5. The quantitative estimate of drug-likeness (QED) is 0.147. The van der Waals surface area contributed by atoms with E-state index < -0.39 is 0 Å². The van der Waals surface area contributed by atoms with Gasteiger partial charge in [0.1, 0.15) is 5.76 Å². The van der Waals surface area contributed by atoms with Gasteiger partial charge in [-0.3, -0.25) is 19.4 Å². The molecule has 2 aliphatic carbocycles. The molecule has 0 fully saturated rings. The predicted octanol–water partition coefficient (Wildman–Crippen LogP) is 7.50. The molecule has 0 radical (unpaired) electrons. The third-order valence-electron chi connectivity index (χ3n) is 7.62. The zero-order valence-corrected chi connectivity index (χ0v) is 21.7. The lowest BCUT2D eigenvalue weighted by molar-refractivity contribution is 0.0986. The molecule has 0 unspecified atom stereocenters. The van der Waals surface area contributed by atoms with Gasteiger partial charge in [0, 0.05) is 34.6 Å². The number of carbonyl (C=O) groups is 3. The second-order valence-electron chi connectivity index (χ2n) is 10.0. The van der Waals surface area contributed by atoms with Crippen LogP contribution in [0.3, 0.4) is 0 Å². The highest BCUT2D eigenvalue weighted by atomic mass is 16.3. The van der Waals surface area contributed by atoms with Crippen molar-refractivity contribution in [3.05, 3.63) is 161 Å². The van der Waals surface area contributed by atoms with Crippen LogP contribution in [-0.2, 0) is 0 Å². The fourth-order valence-corrected chi connectivity index (χ4v) is 5.48. The maximum Gasteiger partial charge on any atom is 0.197 e. The molecule has 0 amide bonds. The van der Waals surface area contributed by atoms with Crippen LogP contribution in [0.25, 0.3) is 32.9 Å². The second-order valence-corrected chi connectivity index (χ2v) is 10.0. The van der Waals surface area contributed by atoms with Crippen LogP contribution in [0, 0.1) is 0 Å². The van der Waals surface area contributed by atoms with E-state index in [4.69, 9.17) is 0 Å². The molecule has 5 heteroatoms. The summed E-state index contributed by atoms with van der Waals surface area (Å²) in [4.78, 5) is 43.9. The molecule has 0 spiro atoms. The lowest BCUT2D eigenvalue weighted by atomic mass is 10.0. The van der Waals surface area contributed by atoms with Crippen molar-refractivity contribution in [1.29, 1.82) is 0 Å². The molecular weight excluding hydrogens is 510 g/mol. The van der Waals surface area contributed by atoms with Crippen LogP contribution in [0.15, 0.2) is 133 Å². The standard InChI is InChI=1S/C36H21NO4/c38-33-27(34(39)30-18-24-6-2-1-5-23(24)17-29(30)33)11-9-21(22-13-15-37-16-14-22)10-12-28-35(40)31-19-25-7-3-4-8-26(25)20-32(31)36(28)41/h1-20,38H/b11-9+,21-10-. The number of allylic oxidation sites excluding steroid dienone is 7. The van der Waals surface area contributed by atoms with E-state index in [-0.39, 0.29) is 34.3 Å². The molecule has 0 saturated carbocycles. The van der Waals surface area contributed by atoms with Crippen molar-refractivity contribution in [2.45, 2.75) is 0 Å². The van der Waals surface area contributed by atoms with E-state index in [1.54, 1.807) is 61.0 Å². The number of aliphatic hydroxyl groups is 1. The molecule has 0 atom stereocenters. The number of carbonyl (C=O) groups excluding carboxylic acids is 3. The van der Waals surface area contributed by atoms with E-state index >= 15 is 0 Å². The highest BCUT2D eigenvalue weighted by Crippen LogP contribution is 2.36. The van der Waals surface area contributed by atoms with Crippen LogP contribution in [0.4, 0.5) is 0 Å². The van der Waals surface area contributed by atoms with Crippen LogP contribution >= 0.6 is 0 Å².